The molecule has 0 spiro atoms. The minimum atomic E-state index is -1.04. The number of hydrogen-bond donors (Lipinski definition) is 2. The first-order valence-electron chi connectivity index (χ1n) is 5.17. The van der Waals surface area contributed by atoms with Gasteiger partial charge >= 0.3 is 5.97 Å². The highest BCUT2D eigenvalue weighted by molar-refractivity contribution is 7.99. The predicted octanol–water partition coefficient (Wildman–Crippen LogP) is 1.68. The minimum absolute atomic E-state index is 0.279. The lowest BCUT2D eigenvalue weighted by molar-refractivity contribution is -0.141. The van der Waals surface area contributed by atoms with Crippen molar-refractivity contribution < 1.29 is 14.7 Å². The van der Waals surface area contributed by atoms with Gasteiger partial charge < -0.3 is 10.4 Å². The van der Waals surface area contributed by atoms with Gasteiger partial charge in [-0.1, -0.05) is 30.3 Å². The van der Waals surface area contributed by atoms with Crippen LogP contribution < -0.4 is 5.32 Å². The maximum Gasteiger partial charge on any atom is 0.325 e. The number of rotatable bonds is 5. The van der Waals surface area contributed by atoms with E-state index >= 15 is 0 Å². The number of amides is 1. The quantitative estimate of drug-likeness (QED) is 0.838. The van der Waals surface area contributed by atoms with E-state index in [1.54, 1.807) is 0 Å². The summed E-state index contributed by atoms with van der Waals surface area (Å²) in [6, 6.07) is 8.41. The molecule has 4 nitrogen and oxygen atoms in total. The molecule has 0 saturated carbocycles. The molecule has 0 fully saturated rings. The maximum absolute atomic E-state index is 11.9. The van der Waals surface area contributed by atoms with Gasteiger partial charge in [-0.25, -0.2) is 0 Å². The molecule has 1 aromatic carbocycles. The van der Waals surface area contributed by atoms with Crippen LogP contribution in [0.5, 0.6) is 0 Å². The zero-order valence-electron chi connectivity index (χ0n) is 9.71. The highest BCUT2D eigenvalue weighted by Crippen LogP contribution is 2.26. The van der Waals surface area contributed by atoms with Crippen molar-refractivity contribution in [3.8, 4) is 0 Å². The number of carboxylic acid groups (broad SMARTS) is 1. The fraction of sp³-hybridized carbons (Fsp3) is 0.333. The van der Waals surface area contributed by atoms with E-state index in [1.807, 2.05) is 36.6 Å². The van der Waals surface area contributed by atoms with Crippen LogP contribution in [-0.4, -0.2) is 29.3 Å². The van der Waals surface area contributed by atoms with E-state index in [-0.39, 0.29) is 11.2 Å². The van der Waals surface area contributed by atoms with Crippen LogP contribution >= 0.6 is 11.8 Å². The van der Waals surface area contributed by atoms with E-state index in [4.69, 9.17) is 5.11 Å². The van der Waals surface area contributed by atoms with Gasteiger partial charge in [-0.15, -0.1) is 11.8 Å². The molecule has 1 unspecified atom stereocenters. The number of thioether (sulfide) groups is 1. The number of hydrogen-bond acceptors (Lipinski definition) is 3. The molecule has 0 saturated heterocycles. The maximum atomic E-state index is 11.9. The fourth-order valence-corrected chi connectivity index (χ4v) is 2.08. The number of benzene rings is 1. The smallest absolute Gasteiger partial charge is 0.325 e. The van der Waals surface area contributed by atoms with Crippen molar-refractivity contribution in [1.29, 1.82) is 0 Å². The Kier molecular flexibility index (Phi) is 5.03. The summed E-state index contributed by atoms with van der Waals surface area (Å²) in [4.78, 5) is 22.6. The molecule has 1 aromatic rings. The molecule has 17 heavy (non-hydrogen) atoms. The molecule has 2 N–H and O–H groups in total. The first kappa shape index (κ1) is 13.6. The Bertz CT molecular complexity index is 394. The Hall–Kier alpha value is -1.49. The van der Waals surface area contributed by atoms with Crippen LogP contribution in [-0.2, 0) is 9.59 Å². The molecule has 1 amide bonds. The zero-order chi connectivity index (χ0) is 12.8. The van der Waals surface area contributed by atoms with Gasteiger partial charge in [-0.2, -0.15) is 0 Å². The molecule has 0 aromatic heterocycles. The van der Waals surface area contributed by atoms with E-state index in [1.165, 1.54) is 18.7 Å². The topological polar surface area (TPSA) is 66.4 Å². The van der Waals surface area contributed by atoms with E-state index in [2.05, 4.69) is 5.32 Å². The van der Waals surface area contributed by atoms with Crippen LogP contribution in [0.15, 0.2) is 30.3 Å². The van der Waals surface area contributed by atoms with Crippen LogP contribution in [0.1, 0.15) is 17.7 Å². The summed E-state index contributed by atoms with van der Waals surface area (Å²) >= 11 is 1.38. The van der Waals surface area contributed by atoms with Crippen LogP contribution in [0.2, 0.25) is 0 Å². The lowest BCUT2D eigenvalue weighted by atomic mass is 10.1. The van der Waals surface area contributed by atoms with Crippen LogP contribution in [0.4, 0.5) is 0 Å². The van der Waals surface area contributed by atoms with Gasteiger partial charge in [0.2, 0.25) is 5.91 Å². The van der Waals surface area contributed by atoms with Crippen molar-refractivity contribution in [3.63, 3.8) is 0 Å². The lowest BCUT2D eigenvalue weighted by Gasteiger charge is -2.16. The molecule has 1 rings (SSSR count). The van der Waals surface area contributed by atoms with Gasteiger partial charge in [0.05, 0.1) is 0 Å². The third-order valence-corrected chi connectivity index (χ3v) is 3.26. The molecule has 0 aliphatic heterocycles. The Labute approximate surface area is 104 Å². The van der Waals surface area contributed by atoms with E-state index in [0.29, 0.717) is 0 Å². The Balaban J connectivity index is 2.75. The highest BCUT2D eigenvalue weighted by Gasteiger charge is 2.22. The predicted molar refractivity (Wildman–Crippen MR) is 67.9 cm³/mol. The second-order valence-corrected chi connectivity index (χ2v) is 4.54. The molecular weight excluding hydrogens is 238 g/mol. The fourth-order valence-electron chi connectivity index (χ4n) is 1.37. The van der Waals surface area contributed by atoms with E-state index in [9.17, 15) is 9.59 Å². The van der Waals surface area contributed by atoms with Gasteiger partial charge in [0, 0.05) is 0 Å². The van der Waals surface area contributed by atoms with Crippen LogP contribution in [0.3, 0.4) is 0 Å². The third-order valence-electron chi connectivity index (χ3n) is 2.31. The SMILES string of the molecule is CSC(C(=O)N[C@H](C)C(=O)O)c1ccccc1. The largest absolute Gasteiger partial charge is 0.480 e. The van der Waals surface area contributed by atoms with E-state index in [0.717, 1.165) is 5.56 Å². The first-order chi connectivity index (χ1) is 8.06. The van der Waals surface area contributed by atoms with Crippen molar-refractivity contribution >= 4 is 23.6 Å². The number of aliphatic carboxylic acids is 1. The summed E-state index contributed by atoms with van der Waals surface area (Å²) < 4.78 is 0. The molecular formula is C12H15NO3S. The average molecular weight is 253 g/mol. The number of carbonyl (C=O) groups excluding carboxylic acids is 1. The summed E-state index contributed by atoms with van der Waals surface area (Å²) in [7, 11) is 0. The number of carboxylic acids is 1. The van der Waals surface area contributed by atoms with Crippen molar-refractivity contribution in [1.82, 2.24) is 5.32 Å². The second-order valence-electron chi connectivity index (χ2n) is 3.59. The van der Waals surface area contributed by atoms with Crippen LogP contribution in [0.25, 0.3) is 0 Å². The molecule has 0 radical (unpaired) electrons. The van der Waals surface area contributed by atoms with Crippen molar-refractivity contribution in [2.24, 2.45) is 0 Å². The molecule has 0 aliphatic carbocycles. The summed E-state index contributed by atoms with van der Waals surface area (Å²) in [5.74, 6) is -1.31. The monoisotopic (exact) mass is 253 g/mol. The van der Waals surface area contributed by atoms with Gasteiger partial charge in [0.1, 0.15) is 11.3 Å². The summed E-state index contributed by atoms with van der Waals surface area (Å²) in [6.45, 7) is 1.45. The van der Waals surface area contributed by atoms with Crippen molar-refractivity contribution in [3.05, 3.63) is 35.9 Å². The zero-order valence-corrected chi connectivity index (χ0v) is 10.5. The molecule has 0 bridgehead atoms. The first-order valence-corrected chi connectivity index (χ1v) is 6.46. The second kappa shape index (κ2) is 6.30. The van der Waals surface area contributed by atoms with Gasteiger partial charge in [-0.3, -0.25) is 9.59 Å². The van der Waals surface area contributed by atoms with E-state index < -0.39 is 12.0 Å². The van der Waals surface area contributed by atoms with Gasteiger partial charge in [-0.05, 0) is 18.7 Å². The lowest BCUT2D eigenvalue weighted by Crippen LogP contribution is -2.40. The van der Waals surface area contributed by atoms with Crippen LogP contribution in [0, 0.1) is 0 Å². The Morgan fingerprint density at radius 1 is 1.29 bits per heavy atom. The third kappa shape index (κ3) is 3.78. The molecule has 5 heteroatoms. The summed E-state index contributed by atoms with van der Waals surface area (Å²) in [5.41, 5.74) is 0.870. The molecule has 2 atom stereocenters. The average Bonchev–Trinajstić information content (AvgIpc) is 2.31. The van der Waals surface area contributed by atoms with Gasteiger partial charge in [0.15, 0.2) is 0 Å². The van der Waals surface area contributed by atoms with Crippen molar-refractivity contribution in [2.45, 2.75) is 18.2 Å². The summed E-state index contributed by atoms with van der Waals surface area (Å²) in [5, 5.41) is 10.8. The highest BCUT2D eigenvalue weighted by atomic mass is 32.2. The van der Waals surface area contributed by atoms with Crippen molar-refractivity contribution in [2.75, 3.05) is 6.26 Å². The normalized spacial score (nSPS) is 13.8. The standard InChI is InChI=1S/C12H15NO3S/c1-8(12(15)16)13-11(14)10(17-2)9-6-4-3-5-7-9/h3-8,10H,1-2H3,(H,13,14)(H,15,16)/t8-,10?/m1/s1. The molecule has 0 aliphatic rings. The Morgan fingerprint density at radius 2 is 1.88 bits per heavy atom. The number of nitrogens with one attached hydrogen (secondary N) is 1. The molecule has 92 valence electrons. The minimum Gasteiger partial charge on any atom is -0.480 e. The van der Waals surface area contributed by atoms with Gasteiger partial charge in [0.25, 0.3) is 0 Å². The Morgan fingerprint density at radius 3 is 2.35 bits per heavy atom. The number of carbonyl (C=O) groups is 2. The molecule has 0 heterocycles. The summed E-state index contributed by atoms with van der Waals surface area (Å²) in [6.07, 6.45) is 1.82.